The lowest BCUT2D eigenvalue weighted by atomic mass is 10.1. The molecule has 0 aromatic carbocycles. The molecule has 3 heterocycles. The van der Waals surface area contributed by atoms with Crippen LogP contribution in [0.1, 0.15) is 30.3 Å². The van der Waals surface area contributed by atoms with E-state index in [-0.39, 0.29) is 12.0 Å². The highest BCUT2D eigenvalue weighted by Crippen LogP contribution is 2.20. The van der Waals surface area contributed by atoms with Crippen LogP contribution in [0.25, 0.3) is 11.5 Å². The predicted octanol–water partition coefficient (Wildman–Crippen LogP) is 2.31. The molecule has 0 saturated carbocycles. The third-order valence-corrected chi connectivity index (χ3v) is 3.65. The SMILES string of the molecule is CCOC1CCCN(C(=O)c2cc(-c3ccco3)[nH]n2)C1. The number of ether oxygens (including phenoxy) is 1. The van der Waals surface area contributed by atoms with Crippen molar-refractivity contribution in [3.8, 4) is 11.5 Å². The summed E-state index contributed by atoms with van der Waals surface area (Å²) >= 11 is 0. The molecule has 2 aromatic rings. The molecule has 112 valence electrons. The minimum atomic E-state index is -0.0616. The zero-order valence-electron chi connectivity index (χ0n) is 12.0. The lowest BCUT2D eigenvalue weighted by Crippen LogP contribution is -2.43. The lowest BCUT2D eigenvalue weighted by molar-refractivity contribution is 0.00703. The smallest absolute Gasteiger partial charge is 0.274 e. The van der Waals surface area contributed by atoms with Gasteiger partial charge in [-0.1, -0.05) is 0 Å². The second kappa shape index (κ2) is 6.13. The van der Waals surface area contributed by atoms with E-state index in [2.05, 4.69) is 10.2 Å². The van der Waals surface area contributed by atoms with E-state index in [9.17, 15) is 4.79 Å². The first-order chi connectivity index (χ1) is 10.3. The Hall–Kier alpha value is -2.08. The summed E-state index contributed by atoms with van der Waals surface area (Å²) in [6.45, 7) is 4.04. The summed E-state index contributed by atoms with van der Waals surface area (Å²) in [7, 11) is 0. The van der Waals surface area contributed by atoms with E-state index in [0.717, 1.165) is 19.4 Å². The van der Waals surface area contributed by atoms with Crippen molar-refractivity contribution in [3.63, 3.8) is 0 Å². The molecule has 0 radical (unpaired) electrons. The summed E-state index contributed by atoms with van der Waals surface area (Å²) < 4.78 is 10.9. The molecule has 1 atom stereocenters. The van der Waals surface area contributed by atoms with E-state index in [0.29, 0.717) is 30.3 Å². The number of aromatic nitrogens is 2. The first-order valence-corrected chi connectivity index (χ1v) is 7.28. The summed E-state index contributed by atoms with van der Waals surface area (Å²) in [6, 6.07) is 5.36. The third kappa shape index (κ3) is 3.00. The maximum absolute atomic E-state index is 12.5. The van der Waals surface area contributed by atoms with E-state index < -0.39 is 0 Å². The molecule has 6 heteroatoms. The molecule has 0 spiro atoms. The van der Waals surface area contributed by atoms with Gasteiger partial charge in [0.2, 0.25) is 0 Å². The van der Waals surface area contributed by atoms with Crippen LogP contribution in [0.2, 0.25) is 0 Å². The van der Waals surface area contributed by atoms with Gasteiger partial charge >= 0.3 is 0 Å². The van der Waals surface area contributed by atoms with Gasteiger partial charge in [-0.15, -0.1) is 0 Å². The van der Waals surface area contributed by atoms with E-state index in [4.69, 9.17) is 9.15 Å². The largest absolute Gasteiger partial charge is 0.463 e. The van der Waals surface area contributed by atoms with E-state index in [1.165, 1.54) is 0 Å². The van der Waals surface area contributed by atoms with Crippen LogP contribution in [-0.2, 0) is 4.74 Å². The zero-order valence-corrected chi connectivity index (χ0v) is 12.0. The molecule has 1 N–H and O–H groups in total. The Morgan fingerprint density at radius 1 is 1.62 bits per heavy atom. The predicted molar refractivity (Wildman–Crippen MR) is 76.8 cm³/mol. The van der Waals surface area contributed by atoms with Crippen molar-refractivity contribution in [2.45, 2.75) is 25.9 Å². The maximum atomic E-state index is 12.5. The van der Waals surface area contributed by atoms with E-state index in [1.54, 1.807) is 18.4 Å². The van der Waals surface area contributed by atoms with Gasteiger partial charge in [-0.25, -0.2) is 0 Å². The van der Waals surface area contributed by atoms with Crippen molar-refractivity contribution < 1.29 is 13.9 Å². The molecule has 6 nitrogen and oxygen atoms in total. The number of aromatic amines is 1. The van der Waals surface area contributed by atoms with Gasteiger partial charge in [0.25, 0.3) is 5.91 Å². The van der Waals surface area contributed by atoms with Gasteiger partial charge in [-0.2, -0.15) is 5.10 Å². The van der Waals surface area contributed by atoms with Crippen LogP contribution in [0.4, 0.5) is 0 Å². The Morgan fingerprint density at radius 2 is 2.52 bits per heavy atom. The van der Waals surface area contributed by atoms with Gasteiger partial charge in [0, 0.05) is 25.8 Å². The average Bonchev–Trinajstić information content (AvgIpc) is 3.18. The second-order valence-electron chi connectivity index (χ2n) is 5.11. The number of carbonyl (C=O) groups excluding carboxylic acids is 1. The van der Waals surface area contributed by atoms with Crippen LogP contribution < -0.4 is 0 Å². The van der Waals surface area contributed by atoms with Crippen LogP contribution in [0, 0.1) is 0 Å². The maximum Gasteiger partial charge on any atom is 0.274 e. The quantitative estimate of drug-likeness (QED) is 0.937. The molecular formula is C15H19N3O3. The topological polar surface area (TPSA) is 71.4 Å². The molecule has 1 saturated heterocycles. The van der Waals surface area contributed by atoms with E-state index >= 15 is 0 Å². The van der Waals surface area contributed by atoms with Crippen molar-refractivity contribution in [3.05, 3.63) is 30.2 Å². The molecule has 1 unspecified atom stereocenters. The molecule has 1 amide bonds. The van der Waals surface area contributed by atoms with Gasteiger partial charge in [0.1, 0.15) is 5.69 Å². The number of nitrogens with one attached hydrogen (secondary N) is 1. The Kier molecular flexibility index (Phi) is 4.06. The Labute approximate surface area is 123 Å². The molecule has 21 heavy (non-hydrogen) atoms. The number of H-pyrrole nitrogens is 1. The summed E-state index contributed by atoms with van der Waals surface area (Å²) in [4.78, 5) is 14.3. The molecule has 0 bridgehead atoms. The summed E-state index contributed by atoms with van der Waals surface area (Å²) in [5.41, 5.74) is 1.13. The minimum Gasteiger partial charge on any atom is -0.463 e. The monoisotopic (exact) mass is 289 g/mol. The summed E-state index contributed by atoms with van der Waals surface area (Å²) in [5, 5.41) is 6.94. The lowest BCUT2D eigenvalue weighted by Gasteiger charge is -2.32. The molecule has 3 rings (SSSR count). The number of carbonyl (C=O) groups is 1. The Balaban J connectivity index is 1.70. The van der Waals surface area contributed by atoms with Gasteiger partial charge in [0.15, 0.2) is 11.5 Å². The standard InChI is InChI=1S/C15H19N3O3/c1-2-20-11-5-3-7-18(10-11)15(19)13-9-12(16-17-13)14-6-4-8-21-14/h4,6,8-9,11H,2-3,5,7,10H2,1H3,(H,16,17). The van der Waals surface area contributed by atoms with Crippen LogP contribution in [0.3, 0.4) is 0 Å². The highest BCUT2D eigenvalue weighted by atomic mass is 16.5. The second-order valence-corrected chi connectivity index (χ2v) is 5.11. The molecule has 0 aliphatic carbocycles. The number of hydrogen-bond acceptors (Lipinski definition) is 4. The number of likely N-dealkylation sites (tertiary alicyclic amines) is 1. The Bertz CT molecular complexity index is 589. The average molecular weight is 289 g/mol. The van der Waals surface area contributed by atoms with Gasteiger partial charge in [0.05, 0.1) is 12.4 Å². The van der Waals surface area contributed by atoms with Crippen LogP contribution in [-0.4, -0.2) is 46.8 Å². The van der Waals surface area contributed by atoms with Crippen molar-refractivity contribution in [1.29, 1.82) is 0 Å². The first-order valence-electron chi connectivity index (χ1n) is 7.28. The third-order valence-electron chi connectivity index (χ3n) is 3.65. The number of furan rings is 1. The fourth-order valence-corrected chi connectivity index (χ4v) is 2.65. The molecule has 1 aliphatic rings. The fourth-order valence-electron chi connectivity index (χ4n) is 2.65. The number of hydrogen-bond donors (Lipinski definition) is 1. The number of amides is 1. The zero-order chi connectivity index (χ0) is 14.7. The van der Waals surface area contributed by atoms with Crippen LogP contribution in [0.5, 0.6) is 0 Å². The fraction of sp³-hybridized carbons (Fsp3) is 0.467. The summed E-state index contributed by atoms with van der Waals surface area (Å²) in [6.07, 6.45) is 3.70. The first kappa shape index (κ1) is 13.9. The molecule has 2 aromatic heterocycles. The van der Waals surface area contributed by atoms with E-state index in [1.807, 2.05) is 17.9 Å². The molecule has 1 fully saturated rings. The van der Waals surface area contributed by atoms with Crippen molar-refractivity contribution >= 4 is 5.91 Å². The minimum absolute atomic E-state index is 0.0616. The van der Waals surface area contributed by atoms with Gasteiger partial charge in [-0.05, 0) is 31.9 Å². The Morgan fingerprint density at radius 3 is 3.29 bits per heavy atom. The molecular weight excluding hydrogens is 270 g/mol. The molecule has 1 aliphatic heterocycles. The number of rotatable bonds is 4. The number of nitrogens with zero attached hydrogens (tertiary/aromatic N) is 2. The van der Waals surface area contributed by atoms with Crippen molar-refractivity contribution in [2.75, 3.05) is 19.7 Å². The van der Waals surface area contributed by atoms with Gasteiger partial charge < -0.3 is 14.1 Å². The van der Waals surface area contributed by atoms with Crippen LogP contribution in [0.15, 0.2) is 28.9 Å². The van der Waals surface area contributed by atoms with Crippen molar-refractivity contribution in [1.82, 2.24) is 15.1 Å². The van der Waals surface area contributed by atoms with Gasteiger partial charge in [-0.3, -0.25) is 9.89 Å². The summed E-state index contributed by atoms with van der Waals surface area (Å²) in [5.74, 6) is 0.612. The number of piperidine rings is 1. The van der Waals surface area contributed by atoms with Crippen molar-refractivity contribution in [2.24, 2.45) is 0 Å². The highest BCUT2D eigenvalue weighted by Gasteiger charge is 2.26. The van der Waals surface area contributed by atoms with Crippen LogP contribution >= 0.6 is 0 Å². The normalized spacial score (nSPS) is 18.9. The highest BCUT2D eigenvalue weighted by molar-refractivity contribution is 5.93.